The molecule has 18 heavy (non-hydrogen) atoms. The van der Waals surface area contributed by atoms with E-state index in [9.17, 15) is 19.5 Å². The molecule has 0 aliphatic heterocycles. The molecule has 0 fully saturated rings. The third kappa shape index (κ3) is 2.77. The number of carbonyl (C=O) groups is 2. The van der Waals surface area contributed by atoms with Crippen LogP contribution < -0.4 is 10.2 Å². The fourth-order valence-corrected chi connectivity index (χ4v) is 2.21. The van der Waals surface area contributed by atoms with E-state index < -0.39 is 24.0 Å². The predicted octanol–water partition coefficient (Wildman–Crippen LogP) is -0.681. The Morgan fingerprint density at radius 3 is 2.33 bits per heavy atom. The molecule has 1 aromatic heterocycles. The van der Waals surface area contributed by atoms with Gasteiger partial charge in [-0.3, -0.25) is 9.59 Å². The summed E-state index contributed by atoms with van der Waals surface area (Å²) in [5, 5.41) is 20.3. The van der Waals surface area contributed by atoms with Crippen LogP contribution >= 0.6 is 11.3 Å². The van der Waals surface area contributed by atoms with Gasteiger partial charge in [0.1, 0.15) is 4.88 Å². The quantitative estimate of drug-likeness (QED) is 0.674. The molecule has 3 N–H and O–H groups in total. The zero-order valence-electron chi connectivity index (χ0n) is 10.1. The molecule has 0 bridgehead atoms. The minimum Gasteiger partial charge on any atom is -0.480 e. The van der Waals surface area contributed by atoms with Crippen LogP contribution in [0.1, 0.15) is 22.3 Å². The van der Waals surface area contributed by atoms with E-state index in [2.05, 4.69) is 5.32 Å². The summed E-state index contributed by atoms with van der Waals surface area (Å²) in [5.74, 6) is -2.01. The molecule has 0 aliphatic rings. The molecule has 0 aromatic carbocycles. The van der Waals surface area contributed by atoms with Crippen molar-refractivity contribution in [1.29, 1.82) is 0 Å². The molecular weight excluding hydrogens is 260 g/mol. The fraction of sp³-hybridized carbons (Fsp3) is 0.500. The molecule has 0 saturated heterocycles. The summed E-state index contributed by atoms with van der Waals surface area (Å²) in [5.41, 5.74) is 0.456. The van der Waals surface area contributed by atoms with Crippen LogP contribution in [0.3, 0.4) is 0 Å². The van der Waals surface area contributed by atoms with E-state index in [0.717, 1.165) is 11.3 Å². The van der Waals surface area contributed by atoms with Crippen molar-refractivity contribution in [3.63, 3.8) is 0 Å². The maximum Gasteiger partial charge on any atom is 0.328 e. The predicted molar refractivity (Wildman–Crippen MR) is 64.9 cm³/mol. The monoisotopic (exact) mass is 274 g/mol. The number of aliphatic hydroxyl groups is 1. The zero-order chi connectivity index (χ0) is 14.0. The summed E-state index contributed by atoms with van der Waals surface area (Å²) in [7, 11) is 1.52. The number of nitrogens with one attached hydrogen (secondary N) is 1. The maximum atomic E-state index is 11.8. The number of hydrogen-bond acceptors (Lipinski definition) is 5. The average Bonchev–Trinajstić information content (AvgIpc) is 2.52. The van der Waals surface area contributed by atoms with Gasteiger partial charge in [0.15, 0.2) is 6.04 Å². The summed E-state index contributed by atoms with van der Waals surface area (Å²) >= 11 is 0.735. The van der Waals surface area contributed by atoms with Gasteiger partial charge in [-0.15, -0.1) is 0 Å². The first kappa shape index (κ1) is 14.4. The average molecular weight is 274 g/mol. The van der Waals surface area contributed by atoms with Crippen molar-refractivity contribution >= 4 is 23.2 Å². The molecule has 1 rings (SSSR count). The van der Waals surface area contributed by atoms with Crippen LogP contribution in [0.2, 0.25) is 0 Å². The van der Waals surface area contributed by atoms with Crippen LogP contribution in [-0.2, 0) is 11.8 Å². The standard InChI is InChI=1S/C10H14N2O5S/c1-4-7(18-10(17)12(4)3)8(14)11-6(5(2)13)9(15)16/h5-6,13H,1-3H3,(H,11,14)(H,15,16). The van der Waals surface area contributed by atoms with Crippen molar-refractivity contribution in [2.75, 3.05) is 0 Å². The number of hydrogen-bond donors (Lipinski definition) is 3. The molecule has 0 saturated carbocycles. The van der Waals surface area contributed by atoms with E-state index in [0.29, 0.717) is 5.69 Å². The summed E-state index contributed by atoms with van der Waals surface area (Å²) in [6, 6.07) is -1.40. The summed E-state index contributed by atoms with van der Waals surface area (Å²) in [6.45, 7) is 2.85. The highest BCUT2D eigenvalue weighted by molar-refractivity contribution is 7.11. The van der Waals surface area contributed by atoms with Crippen LogP contribution in [0, 0.1) is 6.92 Å². The molecule has 1 heterocycles. The minimum atomic E-state index is -1.40. The van der Waals surface area contributed by atoms with Gasteiger partial charge < -0.3 is 20.1 Å². The number of thiazole rings is 1. The highest BCUT2D eigenvalue weighted by Crippen LogP contribution is 2.10. The van der Waals surface area contributed by atoms with Gasteiger partial charge in [0.2, 0.25) is 0 Å². The van der Waals surface area contributed by atoms with Gasteiger partial charge in [-0.1, -0.05) is 11.3 Å². The number of carboxylic acids is 1. The van der Waals surface area contributed by atoms with Crippen molar-refractivity contribution in [3.05, 3.63) is 20.2 Å². The highest BCUT2D eigenvalue weighted by atomic mass is 32.1. The van der Waals surface area contributed by atoms with Crippen molar-refractivity contribution in [1.82, 2.24) is 9.88 Å². The Balaban J connectivity index is 2.98. The molecule has 0 radical (unpaired) electrons. The van der Waals surface area contributed by atoms with Gasteiger partial charge in [-0.05, 0) is 13.8 Å². The van der Waals surface area contributed by atoms with E-state index in [1.165, 1.54) is 18.5 Å². The Morgan fingerprint density at radius 2 is 2.00 bits per heavy atom. The third-order valence-corrected chi connectivity index (χ3v) is 3.67. The Kier molecular flexibility index (Phi) is 4.25. The largest absolute Gasteiger partial charge is 0.480 e. The number of carboxylic acid groups (broad SMARTS) is 1. The Hall–Kier alpha value is -1.67. The number of carbonyl (C=O) groups excluding carboxylic acids is 1. The van der Waals surface area contributed by atoms with E-state index in [-0.39, 0.29) is 9.75 Å². The van der Waals surface area contributed by atoms with Gasteiger partial charge in [-0.25, -0.2) is 4.79 Å². The maximum absolute atomic E-state index is 11.8. The van der Waals surface area contributed by atoms with E-state index in [1.807, 2.05) is 0 Å². The van der Waals surface area contributed by atoms with E-state index in [1.54, 1.807) is 6.92 Å². The molecule has 2 atom stereocenters. The summed E-state index contributed by atoms with van der Waals surface area (Å²) in [6.07, 6.45) is -1.23. The smallest absolute Gasteiger partial charge is 0.328 e. The first-order chi connectivity index (χ1) is 8.25. The lowest BCUT2D eigenvalue weighted by atomic mass is 10.2. The SMILES string of the molecule is Cc1c(C(=O)NC(C(=O)O)C(C)O)sc(=O)n1C. The van der Waals surface area contributed by atoms with Gasteiger partial charge in [0.05, 0.1) is 6.10 Å². The Morgan fingerprint density at radius 1 is 1.44 bits per heavy atom. The number of rotatable bonds is 4. The molecule has 0 aliphatic carbocycles. The third-order valence-electron chi connectivity index (χ3n) is 2.54. The second kappa shape index (κ2) is 5.32. The van der Waals surface area contributed by atoms with Crippen LogP contribution in [0.4, 0.5) is 0 Å². The second-order valence-corrected chi connectivity index (χ2v) is 4.83. The minimum absolute atomic E-state index is 0.148. The lowest BCUT2D eigenvalue weighted by molar-refractivity contribution is -0.141. The van der Waals surface area contributed by atoms with Crippen molar-refractivity contribution in [2.45, 2.75) is 26.0 Å². The molecular formula is C10H14N2O5S. The molecule has 100 valence electrons. The van der Waals surface area contributed by atoms with Crippen molar-refractivity contribution in [2.24, 2.45) is 7.05 Å². The number of aliphatic carboxylic acids is 1. The fourth-order valence-electron chi connectivity index (χ4n) is 1.32. The number of aliphatic hydroxyl groups excluding tert-OH is 1. The van der Waals surface area contributed by atoms with Gasteiger partial charge in [0, 0.05) is 12.7 Å². The van der Waals surface area contributed by atoms with Crippen LogP contribution in [0.15, 0.2) is 4.79 Å². The lowest BCUT2D eigenvalue weighted by Gasteiger charge is -2.16. The Bertz CT molecular complexity index is 531. The first-order valence-electron chi connectivity index (χ1n) is 5.13. The molecule has 1 aromatic rings. The number of amides is 1. The summed E-state index contributed by atoms with van der Waals surface area (Å²) < 4.78 is 1.30. The zero-order valence-corrected chi connectivity index (χ0v) is 10.9. The molecule has 8 heteroatoms. The van der Waals surface area contributed by atoms with E-state index >= 15 is 0 Å². The van der Waals surface area contributed by atoms with Gasteiger partial charge in [0.25, 0.3) is 5.91 Å². The summed E-state index contributed by atoms with van der Waals surface area (Å²) in [4.78, 5) is 33.8. The number of nitrogens with zero attached hydrogens (tertiary/aromatic N) is 1. The van der Waals surface area contributed by atoms with Crippen LogP contribution in [0.25, 0.3) is 0 Å². The molecule has 7 nitrogen and oxygen atoms in total. The Labute approximate surface area is 107 Å². The number of aromatic nitrogens is 1. The topological polar surface area (TPSA) is 109 Å². The van der Waals surface area contributed by atoms with Crippen LogP contribution in [0.5, 0.6) is 0 Å². The van der Waals surface area contributed by atoms with Crippen molar-refractivity contribution in [3.8, 4) is 0 Å². The second-order valence-electron chi connectivity index (χ2n) is 3.87. The normalized spacial score (nSPS) is 14.0. The van der Waals surface area contributed by atoms with Crippen LogP contribution in [-0.4, -0.2) is 38.8 Å². The molecule has 0 spiro atoms. The highest BCUT2D eigenvalue weighted by Gasteiger charge is 2.27. The van der Waals surface area contributed by atoms with Crippen molar-refractivity contribution < 1.29 is 19.8 Å². The van der Waals surface area contributed by atoms with Gasteiger partial charge in [-0.2, -0.15) is 0 Å². The van der Waals surface area contributed by atoms with Gasteiger partial charge >= 0.3 is 10.8 Å². The molecule has 2 unspecified atom stereocenters. The lowest BCUT2D eigenvalue weighted by Crippen LogP contribution is -2.47. The first-order valence-corrected chi connectivity index (χ1v) is 5.95. The molecule has 1 amide bonds. The van der Waals surface area contributed by atoms with E-state index in [4.69, 9.17) is 5.11 Å².